The van der Waals surface area contributed by atoms with Crippen molar-refractivity contribution in [1.29, 1.82) is 5.26 Å². The Balaban J connectivity index is 1.50. The van der Waals surface area contributed by atoms with E-state index >= 15 is 0 Å². The van der Waals surface area contributed by atoms with Crippen LogP contribution in [0.2, 0.25) is 0 Å². The Hall–Kier alpha value is -2.52. The Morgan fingerprint density at radius 2 is 2.04 bits per heavy atom. The second-order valence-electron chi connectivity index (χ2n) is 6.49. The molecule has 1 amide bonds. The summed E-state index contributed by atoms with van der Waals surface area (Å²) < 4.78 is 5.91. The summed E-state index contributed by atoms with van der Waals surface area (Å²) in [6, 6.07) is 13.4. The summed E-state index contributed by atoms with van der Waals surface area (Å²) in [5.41, 5.74) is 1.28. The number of nitriles is 1. The van der Waals surface area contributed by atoms with Crippen LogP contribution >= 0.6 is 11.8 Å². The van der Waals surface area contributed by atoms with Gasteiger partial charge in [0.05, 0.1) is 11.1 Å². The number of ether oxygens (including phenoxy) is 1. The lowest BCUT2D eigenvalue weighted by molar-refractivity contribution is 0.0887. The molecule has 1 aliphatic rings. The first kappa shape index (κ1) is 19.2. The topological polar surface area (TPSA) is 75.0 Å². The van der Waals surface area contributed by atoms with Gasteiger partial charge in [-0.25, -0.2) is 4.98 Å². The highest BCUT2D eigenvalue weighted by atomic mass is 32.2. The summed E-state index contributed by atoms with van der Waals surface area (Å²) in [6.07, 6.45) is 5.13. The van der Waals surface area contributed by atoms with Crippen LogP contribution in [0.4, 0.5) is 0 Å². The highest BCUT2D eigenvalue weighted by molar-refractivity contribution is 7.99. The molecule has 2 aromatic rings. The SMILES string of the molecule is CCSc1ccccc1C(=O)NC1CCC(Oc2ccc(C#N)cn2)CC1. The lowest BCUT2D eigenvalue weighted by Crippen LogP contribution is -2.39. The van der Waals surface area contributed by atoms with Crippen LogP contribution in [0.3, 0.4) is 0 Å². The van der Waals surface area contributed by atoms with Gasteiger partial charge in [-0.05, 0) is 49.6 Å². The van der Waals surface area contributed by atoms with Crippen molar-refractivity contribution < 1.29 is 9.53 Å². The Morgan fingerprint density at radius 3 is 2.70 bits per heavy atom. The van der Waals surface area contributed by atoms with Crippen LogP contribution in [0.25, 0.3) is 0 Å². The van der Waals surface area contributed by atoms with Crippen LogP contribution in [0.15, 0.2) is 47.5 Å². The number of hydrogen-bond donors (Lipinski definition) is 1. The highest BCUT2D eigenvalue weighted by Crippen LogP contribution is 2.25. The van der Waals surface area contributed by atoms with Crippen molar-refractivity contribution in [3.8, 4) is 11.9 Å². The number of rotatable bonds is 6. The molecule has 0 atom stereocenters. The highest BCUT2D eigenvalue weighted by Gasteiger charge is 2.24. The Labute approximate surface area is 164 Å². The summed E-state index contributed by atoms with van der Waals surface area (Å²) >= 11 is 1.69. The average molecular weight is 382 g/mol. The molecule has 1 heterocycles. The molecule has 1 fully saturated rings. The molecule has 1 saturated carbocycles. The number of carbonyl (C=O) groups is 1. The molecule has 5 nitrogen and oxygen atoms in total. The Kier molecular flexibility index (Phi) is 6.72. The molecule has 0 unspecified atom stereocenters. The molecule has 1 N–H and O–H groups in total. The van der Waals surface area contributed by atoms with Crippen molar-refractivity contribution in [1.82, 2.24) is 10.3 Å². The summed E-state index contributed by atoms with van der Waals surface area (Å²) in [7, 11) is 0. The monoisotopic (exact) mass is 381 g/mol. The van der Waals surface area contributed by atoms with Gasteiger partial charge in [0.2, 0.25) is 5.88 Å². The van der Waals surface area contributed by atoms with Crippen molar-refractivity contribution in [2.45, 2.75) is 49.6 Å². The van der Waals surface area contributed by atoms with Crippen LogP contribution in [0.1, 0.15) is 48.5 Å². The summed E-state index contributed by atoms with van der Waals surface area (Å²) in [6.45, 7) is 2.09. The number of thioether (sulfide) groups is 1. The lowest BCUT2D eigenvalue weighted by Gasteiger charge is -2.29. The van der Waals surface area contributed by atoms with Gasteiger partial charge >= 0.3 is 0 Å². The van der Waals surface area contributed by atoms with Crippen molar-refractivity contribution in [2.75, 3.05) is 5.75 Å². The number of nitrogens with zero attached hydrogens (tertiary/aromatic N) is 2. The van der Waals surface area contributed by atoms with Gasteiger partial charge < -0.3 is 10.1 Å². The van der Waals surface area contributed by atoms with Crippen molar-refractivity contribution in [3.05, 3.63) is 53.7 Å². The molecule has 0 spiro atoms. The van der Waals surface area contributed by atoms with Gasteiger partial charge in [-0.2, -0.15) is 5.26 Å². The Morgan fingerprint density at radius 1 is 1.26 bits per heavy atom. The third kappa shape index (κ3) is 5.24. The molecule has 27 heavy (non-hydrogen) atoms. The third-order valence-electron chi connectivity index (χ3n) is 4.59. The fourth-order valence-electron chi connectivity index (χ4n) is 3.21. The van der Waals surface area contributed by atoms with E-state index < -0.39 is 0 Å². The fraction of sp³-hybridized carbons (Fsp3) is 0.381. The maximum Gasteiger partial charge on any atom is 0.252 e. The molecular formula is C21H23N3O2S. The predicted molar refractivity (Wildman–Crippen MR) is 106 cm³/mol. The molecule has 1 aromatic carbocycles. The second-order valence-corrected chi connectivity index (χ2v) is 7.80. The quantitative estimate of drug-likeness (QED) is 0.760. The number of aromatic nitrogens is 1. The van der Waals surface area contributed by atoms with Gasteiger partial charge in [0.15, 0.2) is 0 Å². The average Bonchev–Trinajstić information content (AvgIpc) is 2.71. The summed E-state index contributed by atoms with van der Waals surface area (Å²) in [5, 5.41) is 12.0. The zero-order chi connectivity index (χ0) is 19.1. The zero-order valence-corrected chi connectivity index (χ0v) is 16.2. The molecule has 140 valence electrons. The van der Waals surface area contributed by atoms with Crippen molar-refractivity contribution in [3.63, 3.8) is 0 Å². The molecule has 0 radical (unpaired) electrons. The molecular weight excluding hydrogens is 358 g/mol. The lowest BCUT2D eigenvalue weighted by atomic mass is 9.92. The van der Waals surface area contributed by atoms with Crippen LogP contribution < -0.4 is 10.1 Å². The van der Waals surface area contributed by atoms with E-state index in [1.54, 1.807) is 23.9 Å². The molecule has 1 aromatic heterocycles. The molecule has 3 rings (SSSR count). The number of pyridine rings is 1. The van der Waals surface area contributed by atoms with E-state index in [-0.39, 0.29) is 18.1 Å². The van der Waals surface area contributed by atoms with Gasteiger partial charge in [0.25, 0.3) is 5.91 Å². The summed E-state index contributed by atoms with van der Waals surface area (Å²) in [5.74, 6) is 1.49. The van der Waals surface area contributed by atoms with Crippen LogP contribution in [-0.4, -0.2) is 28.8 Å². The molecule has 0 bridgehead atoms. The minimum atomic E-state index is 0.00433. The van der Waals surface area contributed by atoms with E-state index in [9.17, 15) is 4.79 Å². The van der Waals surface area contributed by atoms with Gasteiger partial charge in [-0.1, -0.05) is 19.1 Å². The first-order chi connectivity index (χ1) is 13.2. The minimum Gasteiger partial charge on any atom is -0.474 e. The van der Waals surface area contributed by atoms with Crippen LogP contribution in [0.5, 0.6) is 5.88 Å². The van der Waals surface area contributed by atoms with Gasteiger partial charge in [-0.3, -0.25) is 4.79 Å². The van der Waals surface area contributed by atoms with E-state index in [0.717, 1.165) is 41.9 Å². The van der Waals surface area contributed by atoms with Crippen molar-refractivity contribution >= 4 is 17.7 Å². The summed E-state index contributed by atoms with van der Waals surface area (Å²) in [4.78, 5) is 17.8. The zero-order valence-electron chi connectivity index (χ0n) is 15.4. The Bertz CT molecular complexity index is 809. The fourth-order valence-corrected chi connectivity index (χ4v) is 4.01. The molecule has 6 heteroatoms. The predicted octanol–water partition coefficient (Wildman–Crippen LogP) is 4.19. The van der Waals surface area contributed by atoms with E-state index in [0.29, 0.717) is 11.4 Å². The van der Waals surface area contributed by atoms with Gasteiger partial charge in [0.1, 0.15) is 12.2 Å². The number of benzene rings is 1. The van der Waals surface area contributed by atoms with E-state index in [2.05, 4.69) is 17.2 Å². The van der Waals surface area contributed by atoms with Crippen LogP contribution in [-0.2, 0) is 0 Å². The molecule has 0 aliphatic heterocycles. The second kappa shape index (κ2) is 9.43. The molecule has 1 aliphatic carbocycles. The maximum atomic E-state index is 12.6. The van der Waals surface area contributed by atoms with Crippen molar-refractivity contribution in [2.24, 2.45) is 0 Å². The number of carbonyl (C=O) groups excluding carboxylic acids is 1. The first-order valence-electron chi connectivity index (χ1n) is 9.25. The van der Waals surface area contributed by atoms with E-state index in [1.807, 2.05) is 30.3 Å². The van der Waals surface area contributed by atoms with Crippen LogP contribution in [0, 0.1) is 11.3 Å². The smallest absolute Gasteiger partial charge is 0.252 e. The largest absolute Gasteiger partial charge is 0.474 e. The number of hydrogen-bond acceptors (Lipinski definition) is 5. The third-order valence-corrected chi connectivity index (χ3v) is 5.55. The van der Waals surface area contributed by atoms with E-state index in [4.69, 9.17) is 10.00 Å². The standard InChI is InChI=1S/C21H23N3O2S/c1-2-27-19-6-4-3-5-18(19)21(25)24-16-8-10-17(11-9-16)26-20-12-7-15(13-22)14-23-20/h3-7,12,14,16-17H,2,8-11H2,1H3,(H,24,25). The maximum absolute atomic E-state index is 12.6. The minimum absolute atomic E-state index is 0.00433. The number of amides is 1. The van der Waals surface area contributed by atoms with Gasteiger partial charge in [-0.15, -0.1) is 11.8 Å². The first-order valence-corrected chi connectivity index (χ1v) is 10.2. The number of nitrogens with one attached hydrogen (secondary N) is 1. The van der Waals surface area contributed by atoms with Gasteiger partial charge in [0, 0.05) is 23.2 Å². The molecule has 0 saturated heterocycles. The normalized spacial score (nSPS) is 19.1. The van der Waals surface area contributed by atoms with E-state index in [1.165, 1.54) is 6.20 Å².